The summed E-state index contributed by atoms with van der Waals surface area (Å²) in [5, 5.41) is 0. The van der Waals surface area contributed by atoms with E-state index >= 15 is 0 Å². The van der Waals surface area contributed by atoms with Gasteiger partial charge in [0.05, 0.1) is 0 Å². The highest BCUT2D eigenvalue weighted by Crippen LogP contribution is 2.27. The first-order valence-electron chi connectivity index (χ1n) is 7.39. The van der Waals surface area contributed by atoms with Crippen molar-refractivity contribution in [2.24, 2.45) is 0 Å². The van der Waals surface area contributed by atoms with Gasteiger partial charge >= 0.3 is 0 Å². The van der Waals surface area contributed by atoms with Gasteiger partial charge in [0, 0.05) is 5.56 Å². The van der Waals surface area contributed by atoms with Crippen LogP contribution in [0.1, 0.15) is 15.9 Å². The van der Waals surface area contributed by atoms with Gasteiger partial charge < -0.3 is 4.74 Å². The molecule has 0 amide bonds. The zero-order valence-corrected chi connectivity index (χ0v) is 12.7. The Kier molecular flexibility index (Phi) is 4.66. The predicted octanol–water partition coefficient (Wildman–Crippen LogP) is 5.02. The molecular weight excluding hydrogens is 310 g/mol. The van der Waals surface area contributed by atoms with Gasteiger partial charge in [-0.05, 0) is 41.0 Å². The fraction of sp³-hybridized carbons (Fsp3) is 0.0500. The fourth-order valence-corrected chi connectivity index (χ4v) is 2.38. The molecule has 0 aliphatic rings. The number of hydrogen-bond acceptors (Lipinski definition) is 2. The van der Waals surface area contributed by atoms with Crippen LogP contribution in [-0.4, -0.2) is 6.29 Å². The molecule has 0 aliphatic carbocycles. The molecule has 120 valence electrons. The van der Waals surface area contributed by atoms with Crippen molar-refractivity contribution in [3.63, 3.8) is 0 Å². The molecule has 0 saturated carbocycles. The van der Waals surface area contributed by atoms with E-state index < -0.39 is 11.6 Å². The Morgan fingerprint density at radius 3 is 2.21 bits per heavy atom. The number of benzene rings is 3. The first-order chi connectivity index (χ1) is 11.7. The quantitative estimate of drug-likeness (QED) is 0.616. The zero-order chi connectivity index (χ0) is 16.9. The van der Waals surface area contributed by atoms with Crippen LogP contribution in [-0.2, 0) is 6.61 Å². The van der Waals surface area contributed by atoms with Crippen LogP contribution in [0.5, 0.6) is 5.75 Å². The van der Waals surface area contributed by atoms with E-state index in [1.165, 1.54) is 0 Å². The third-order valence-corrected chi connectivity index (χ3v) is 3.63. The standard InChI is InChI=1S/C20H14F2O2/c21-19-10-16(12-23)18(11-20(19)22)15-6-8-17(9-7-15)24-13-14-4-2-1-3-5-14/h1-12H,13H2. The second kappa shape index (κ2) is 7.04. The third kappa shape index (κ3) is 3.49. The first-order valence-corrected chi connectivity index (χ1v) is 7.39. The Morgan fingerprint density at radius 2 is 1.54 bits per heavy atom. The summed E-state index contributed by atoms with van der Waals surface area (Å²) >= 11 is 0. The molecule has 0 atom stereocenters. The summed E-state index contributed by atoms with van der Waals surface area (Å²) in [6.07, 6.45) is 0.512. The molecule has 0 saturated heterocycles. The molecule has 0 radical (unpaired) electrons. The minimum absolute atomic E-state index is 0.104. The number of halogens is 2. The number of rotatable bonds is 5. The Morgan fingerprint density at radius 1 is 0.875 bits per heavy atom. The Balaban J connectivity index is 1.80. The average Bonchev–Trinajstić information content (AvgIpc) is 2.63. The number of carbonyl (C=O) groups is 1. The van der Waals surface area contributed by atoms with Crippen LogP contribution in [0.3, 0.4) is 0 Å². The fourth-order valence-electron chi connectivity index (χ4n) is 2.38. The highest BCUT2D eigenvalue weighted by molar-refractivity contribution is 5.87. The molecule has 3 aromatic rings. The van der Waals surface area contributed by atoms with Crippen LogP contribution in [0.4, 0.5) is 8.78 Å². The van der Waals surface area contributed by atoms with Crippen molar-refractivity contribution in [3.05, 3.63) is 89.5 Å². The molecular formula is C20H14F2O2. The minimum Gasteiger partial charge on any atom is -0.489 e. The van der Waals surface area contributed by atoms with Gasteiger partial charge in [0.25, 0.3) is 0 Å². The van der Waals surface area contributed by atoms with Crippen molar-refractivity contribution < 1.29 is 18.3 Å². The highest BCUT2D eigenvalue weighted by atomic mass is 19.2. The van der Waals surface area contributed by atoms with Crippen molar-refractivity contribution in [3.8, 4) is 16.9 Å². The molecule has 2 nitrogen and oxygen atoms in total. The minimum atomic E-state index is -1.04. The van der Waals surface area contributed by atoms with E-state index in [4.69, 9.17) is 4.74 Å². The van der Waals surface area contributed by atoms with E-state index in [1.54, 1.807) is 24.3 Å². The van der Waals surface area contributed by atoms with Gasteiger partial charge in [0.1, 0.15) is 12.4 Å². The van der Waals surface area contributed by atoms with E-state index in [9.17, 15) is 13.6 Å². The van der Waals surface area contributed by atoms with E-state index in [0.717, 1.165) is 17.7 Å². The van der Waals surface area contributed by atoms with Crippen molar-refractivity contribution in [2.75, 3.05) is 0 Å². The van der Waals surface area contributed by atoms with Crippen molar-refractivity contribution in [1.82, 2.24) is 0 Å². The lowest BCUT2D eigenvalue weighted by molar-refractivity contribution is 0.112. The molecule has 24 heavy (non-hydrogen) atoms. The largest absolute Gasteiger partial charge is 0.489 e. The van der Waals surface area contributed by atoms with Crippen LogP contribution in [0, 0.1) is 11.6 Å². The van der Waals surface area contributed by atoms with E-state index in [2.05, 4.69) is 0 Å². The molecule has 0 spiro atoms. The van der Waals surface area contributed by atoms with Gasteiger partial charge in [-0.3, -0.25) is 4.79 Å². The normalized spacial score (nSPS) is 10.4. The molecule has 0 unspecified atom stereocenters. The third-order valence-electron chi connectivity index (χ3n) is 3.63. The SMILES string of the molecule is O=Cc1cc(F)c(F)cc1-c1ccc(OCc2ccccc2)cc1. The monoisotopic (exact) mass is 324 g/mol. The number of carbonyl (C=O) groups excluding carboxylic acids is 1. The number of hydrogen-bond donors (Lipinski definition) is 0. The molecule has 0 fully saturated rings. The molecule has 0 heterocycles. The maximum Gasteiger partial charge on any atom is 0.159 e. The number of aldehydes is 1. The lowest BCUT2D eigenvalue weighted by atomic mass is 10.00. The van der Waals surface area contributed by atoms with Gasteiger partial charge in [-0.15, -0.1) is 0 Å². The molecule has 3 aromatic carbocycles. The van der Waals surface area contributed by atoms with Gasteiger partial charge in [0.15, 0.2) is 17.9 Å². The molecule has 0 aromatic heterocycles. The molecule has 0 aliphatic heterocycles. The summed E-state index contributed by atoms with van der Waals surface area (Å²) in [7, 11) is 0. The summed E-state index contributed by atoms with van der Waals surface area (Å²) in [6.45, 7) is 0.435. The second-order valence-corrected chi connectivity index (χ2v) is 5.27. The van der Waals surface area contributed by atoms with Crippen LogP contribution in [0.2, 0.25) is 0 Å². The van der Waals surface area contributed by atoms with Gasteiger partial charge in [-0.1, -0.05) is 42.5 Å². The zero-order valence-electron chi connectivity index (χ0n) is 12.7. The lowest BCUT2D eigenvalue weighted by Crippen LogP contribution is -1.96. The van der Waals surface area contributed by atoms with Crippen LogP contribution < -0.4 is 4.74 Å². The van der Waals surface area contributed by atoms with Gasteiger partial charge in [0.2, 0.25) is 0 Å². The average molecular weight is 324 g/mol. The Bertz CT molecular complexity index is 844. The summed E-state index contributed by atoms with van der Waals surface area (Å²) in [5.41, 5.74) is 2.11. The van der Waals surface area contributed by atoms with E-state index in [0.29, 0.717) is 29.8 Å². The lowest BCUT2D eigenvalue weighted by Gasteiger charge is -2.09. The van der Waals surface area contributed by atoms with Crippen LogP contribution >= 0.6 is 0 Å². The van der Waals surface area contributed by atoms with E-state index in [-0.39, 0.29) is 5.56 Å². The predicted molar refractivity (Wildman–Crippen MR) is 88.0 cm³/mol. The molecule has 0 N–H and O–H groups in total. The highest BCUT2D eigenvalue weighted by Gasteiger charge is 2.11. The Labute approximate surface area is 138 Å². The van der Waals surface area contributed by atoms with Gasteiger partial charge in [-0.25, -0.2) is 8.78 Å². The van der Waals surface area contributed by atoms with Crippen molar-refractivity contribution >= 4 is 6.29 Å². The topological polar surface area (TPSA) is 26.3 Å². The Hall–Kier alpha value is -3.01. The summed E-state index contributed by atoms with van der Waals surface area (Å²) in [4.78, 5) is 11.1. The first kappa shape index (κ1) is 15.9. The smallest absolute Gasteiger partial charge is 0.159 e. The number of ether oxygens (including phenoxy) is 1. The summed E-state index contributed by atoms with van der Waals surface area (Å²) in [6, 6.07) is 18.5. The van der Waals surface area contributed by atoms with E-state index in [1.807, 2.05) is 30.3 Å². The maximum atomic E-state index is 13.5. The molecule has 4 heteroatoms. The molecule has 0 bridgehead atoms. The van der Waals surface area contributed by atoms with Crippen molar-refractivity contribution in [1.29, 1.82) is 0 Å². The van der Waals surface area contributed by atoms with Crippen molar-refractivity contribution in [2.45, 2.75) is 6.61 Å². The maximum absolute atomic E-state index is 13.5. The van der Waals surface area contributed by atoms with Crippen LogP contribution in [0.25, 0.3) is 11.1 Å². The van der Waals surface area contributed by atoms with Gasteiger partial charge in [-0.2, -0.15) is 0 Å². The van der Waals surface area contributed by atoms with Crippen LogP contribution in [0.15, 0.2) is 66.7 Å². The second-order valence-electron chi connectivity index (χ2n) is 5.27. The summed E-state index contributed by atoms with van der Waals surface area (Å²) in [5.74, 6) is -1.37. The summed E-state index contributed by atoms with van der Waals surface area (Å²) < 4.78 is 32.4. The molecule has 3 rings (SSSR count).